The number of hydrogen-bond donors (Lipinski definition) is 1. The molecular formula is C15H16N2OS. The number of nitrogens with two attached hydrogens (primary N) is 1. The van der Waals surface area contributed by atoms with E-state index in [9.17, 15) is 4.79 Å². The van der Waals surface area contributed by atoms with Gasteiger partial charge in [0.1, 0.15) is 0 Å². The van der Waals surface area contributed by atoms with Crippen molar-refractivity contribution in [1.29, 1.82) is 0 Å². The largest absolute Gasteiger partial charge is 0.399 e. The van der Waals surface area contributed by atoms with E-state index in [2.05, 4.69) is 6.07 Å². The van der Waals surface area contributed by atoms with Crippen molar-refractivity contribution < 1.29 is 4.79 Å². The number of fused-ring (bicyclic) bond motifs is 1. The molecule has 0 atom stereocenters. The Bertz CT molecular complexity index is 592. The molecule has 0 bridgehead atoms. The summed E-state index contributed by atoms with van der Waals surface area (Å²) in [6.45, 7) is 0.660. The van der Waals surface area contributed by atoms with Gasteiger partial charge in [-0.1, -0.05) is 6.07 Å². The van der Waals surface area contributed by atoms with E-state index in [4.69, 9.17) is 5.73 Å². The molecule has 2 N–H and O–H groups in total. The van der Waals surface area contributed by atoms with Gasteiger partial charge in [0.05, 0.1) is 6.54 Å². The second kappa shape index (κ2) is 5.05. The first kappa shape index (κ1) is 12.2. The number of thiophene rings is 1. The van der Waals surface area contributed by atoms with E-state index in [1.165, 1.54) is 10.4 Å². The molecule has 19 heavy (non-hydrogen) atoms. The van der Waals surface area contributed by atoms with Crippen molar-refractivity contribution in [1.82, 2.24) is 0 Å². The lowest BCUT2D eigenvalue weighted by Gasteiger charge is -2.22. The third-order valence-corrected chi connectivity index (χ3v) is 4.29. The number of anilines is 2. The van der Waals surface area contributed by atoms with Gasteiger partial charge >= 0.3 is 0 Å². The fraction of sp³-hybridized carbons (Fsp3) is 0.267. The highest BCUT2D eigenvalue weighted by Crippen LogP contribution is 2.30. The summed E-state index contributed by atoms with van der Waals surface area (Å²) < 4.78 is 0. The Balaban J connectivity index is 1.99. The van der Waals surface area contributed by atoms with Crippen LogP contribution in [-0.2, 0) is 17.8 Å². The molecule has 0 radical (unpaired) electrons. The van der Waals surface area contributed by atoms with E-state index in [1.807, 2.05) is 34.5 Å². The molecule has 1 aliphatic heterocycles. The Kier molecular flexibility index (Phi) is 3.25. The lowest BCUT2D eigenvalue weighted by atomic mass is 10.1. The van der Waals surface area contributed by atoms with Crippen molar-refractivity contribution in [2.75, 3.05) is 10.6 Å². The van der Waals surface area contributed by atoms with Crippen LogP contribution < -0.4 is 10.6 Å². The van der Waals surface area contributed by atoms with Gasteiger partial charge in [0.2, 0.25) is 5.91 Å². The van der Waals surface area contributed by atoms with E-state index in [-0.39, 0.29) is 5.91 Å². The second-order valence-electron chi connectivity index (χ2n) is 4.80. The zero-order chi connectivity index (χ0) is 13.2. The number of carbonyl (C=O) groups is 1. The monoisotopic (exact) mass is 272 g/mol. The van der Waals surface area contributed by atoms with Gasteiger partial charge in [-0.05, 0) is 48.1 Å². The van der Waals surface area contributed by atoms with Gasteiger partial charge in [-0.3, -0.25) is 4.79 Å². The fourth-order valence-electron chi connectivity index (χ4n) is 2.50. The Hall–Kier alpha value is -1.81. The molecule has 1 aromatic heterocycles. The smallest absolute Gasteiger partial charge is 0.227 e. The maximum Gasteiger partial charge on any atom is 0.227 e. The number of benzene rings is 1. The topological polar surface area (TPSA) is 46.3 Å². The van der Waals surface area contributed by atoms with Gasteiger partial charge in [0, 0.05) is 22.7 Å². The molecule has 4 heteroatoms. The standard InChI is InChI=1S/C15H16N2OS/c16-12-6-7-14-11(9-12)3-1-5-15(18)17(14)10-13-4-2-8-19-13/h2,4,6-9H,1,3,5,10,16H2. The first-order valence-electron chi connectivity index (χ1n) is 6.45. The molecule has 1 aromatic carbocycles. The molecule has 3 rings (SSSR count). The van der Waals surface area contributed by atoms with Crippen LogP contribution in [0.25, 0.3) is 0 Å². The molecular weight excluding hydrogens is 256 g/mol. The predicted molar refractivity (Wildman–Crippen MR) is 79.3 cm³/mol. The van der Waals surface area contributed by atoms with Crippen molar-refractivity contribution >= 4 is 28.6 Å². The molecule has 0 unspecified atom stereocenters. The van der Waals surface area contributed by atoms with Gasteiger partial charge in [-0.25, -0.2) is 0 Å². The molecule has 0 spiro atoms. The maximum atomic E-state index is 12.3. The second-order valence-corrected chi connectivity index (χ2v) is 5.83. The van der Waals surface area contributed by atoms with Crippen molar-refractivity contribution in [2.45, 2.75) is 25.8 Å². The number of aryl methyl sites for hydroxylation is 1. The van der Waals surface area contributed by atoms with Gasteiger partial charge in [-0.2, -0.15) is 0 Å². The van der Waals surface area contributed by atoms with Crippen molar-refractivity contribution in [3.63, 3.8) is 0 Å². The molecule has 0 saturated carbocycles. The van der Waals surface area contributed by atoms with Gasteiger partial charge in [0.15, 0.2) is 0 Å². The third-order valence-electron chi connectivity index (χ3n) is 3.43. The van der Waals surface area contributed by atoms with Crippen molar-refractivity contribution in [2.24, 2.45) is 0 Å². The molecule has 0 fully saturated rings. The van der Waals surface area contributed by atoms with Crippen LogP contribution in [0.4, 0.5) is 11.4 Å². The van der Waals surface area contributed by atoms with Crippen LogP contribution in [0.2, 0.25) is 0 Å². The lowest BCUT2D eigenvalue weighted by Crippen LogP contribution is -2.29. The highest BCUT2D eigenvalue weighted by atomic mass is 32.1. The fourth-order valence-corrected chi connectivity index (χ4v) is 3.19. The Morgan fingerprint density at radius 1 is 1.26 bits per heavy atom. The minimum absolute atomic E-state index is 0.205. The van der Waals surface area contributed by atoms with Crippen LogP contribution in [-0.4, -0.2) is 5.91 Å². The van der Waals surface area contributed by atoms with E-state index in [0.717, 1.165) is 24.2 Å². The highest BCUT2D eigenvalue weighted by Gasteiger charge is 2.22. The summed E-state index contributed by atoms with van der Waals surface area (Å²) in [4.78, 5) is 15.4. The van der Waals surface area contributed by atoms with Gasteiger partial charge < -0.3 is 10.6 Å². The van der Waals surface area contributed by atoms with Crippen molar-refractivity contribution in [3.05, 3.63) is 46.2 Å². The first-order valence-corrected chi connectivity index (χ1v) is 7.33. The van der Waals surface area contributed by atoms with E-state index >= 15 is 0 Å². The number of carbonyl (C=O) groups excluding carboxylic acids is 1. The van der Waals surface area contributed by atoms with Crippen LogP contribution in [0.1, 0.15) is 23.3 Å². The average molecular weight is 272 g/mol. The van der Waals surface area contributed by atoms with Gasteiger partial charge in [0.25, 0.3) is 0 Å². The van der Waals surface area contributed by atoms with Crippen LogP contribution in [0, 0.1) is 0 Å². The zero-order valence-corrected chi connectivity index (χ0v) is 11.5. The SMILES string of the molecule is Nc1ccc2c(c1)CCCC(=O)N2Cc1cccs1. The maximum absolute atomic E-state index is 12.3. The Labute approximate surface area is 116 Å². The highest BCUT2D eigenvalue weighted by molar-refractivity contribution is 7.09. The van der Waals surface area contributed by atoms with E-state index in [0.29, 0.717) is 13.0 Å². The molecule has 0 aliphatic carbocycles. The summed E-state index contributed by atoms with van der Waals surface area (Å²) in [5.41, 5.74) is 8.82. The summed E-state index contributed by atoms with van der Waals surface area (Å²) >= 11 is 1.68. The summed E-state index contributed by atoms with van der Waals surface area (Å²) in [5, 5.41) is 2.04. The van der Waals surface area contributed by atoms with Crippen LogP contribution in [0.3, 0.4) is 0 Å². The minimum Gasteiger partial charge on any atom is -0.399 e. The lowest BCUT2D eigenvalue weighted by molar-refractivity contribution is -0.118. The number of amides is 1. The summed E-state index contributed by atoms with van der Waals surface area (Å²) in [6, 6.07) is 9.93. The normalized spacial score (nSPS) is 15.2. The third kappa shape index (κ3) is 2.49. The number of hydrogen-bond acceptors (Lipinski definition) is 3. The molecule has 2 aromatic rings. The number of rotatable bonds is 2. The summed E-state index contributed by atoms with van der Waals surface area (Å²) in [7, 11) is 0. The molecule has 1 amide bonds. The van der Waals surface area contributed by atoms with Gasteiger partial charge in [-0.15, -0.1) is 11.3 Å². The number of nitrogen functional groups attached to an aromatic ring is 1. The molecule has 0 saturated heterocycles. The van der Waals surface area contributed by atoms with Crippen LogP contribution >= 0.6 is 11.3 Å². The minimum atomic E-state index is 0.205. The Morgan fingerprint density at radius 2 is 2.16 bits per heavy atom. The molecule has 2 heterocycles. The Morgan fingerprint density at radius 3 is 2.95 bits per heavy atom. The van der Waals surface area contributed by atoms with Crippen LogP contribution in [0.5, 0.6) is 0 Å². The predicted octanol–water partition coefficient (Wildman–Crippen LogP) is 3.20. The van der Waals surface area contributed by atoms with E-state index < -0.39 is 0 Å². The number of nitrogens with zero attached hydrogens (tertiary/aromatic N) is 1. The first-order chi connectivity index (χ1) is 9.24. The summed E-state index contributed by atoms with van der Waals surface area (Å²) in [6.07, 6.45) is 2.43. The average Bonchev–Trinajstić information content (AvgIpc) is 2.84. The van der Waals surface area contributed by atoms with Crippen molar-refractivity contribution in [3.8, 4) is 0 Å². The molecule has 1 aliphatic rings. The summed E-state index contributed by atoms with van der Waals surface area (Å²) in [5.74, 6) is 0.205. The van der Waals surface area contributed by atoms with E-state index in [1.54, 1.807) is 11.3 Å². The quantitative estimate of drug-likeness (QED) is 0.853. The van der Waals surface area contributed by atoms with Crippen LogP contribution in [0.15, 0.2) is 35.7 Å². The zero-order valence-electron chi connectivity index (χ0n) is 10.6. The molecule has 98 valence electrons. The molecule has 3 nitrogen and oxygen atoms in total.